The van der Waals surface area contributed by atoms with Crippen LogP contribution in [-0.2, 0) is 0 Å². The molecule has 0 atom stereocenters. The van der Waals surface area contributed by atoms with Crippen LogP contribution < -0.4 is 16.8 Å². The number of nitrogens with zero attached hydrogens (tertiary/aromatic N) is 4. The number of hydrogen-bond acceptors (Lipinski definition) is 7. The van der Waals surface area contributed by atoms with Gasteiger partial charge in [0.1, 0.15) is 0 Å². The second-order valence-electron chi connectivity index (χ2n) is 4.31. The summed E-state index contributed by atoms with van der Waals surface area (Å²) < 4.78 is 0. The van der Waals surface area contributed by atoms with E-state index in [1.165, 1.54) is 0 Å². The van der Waals surface area contributed by atoms with Gasteiger partial charge in [-0.2, -0.15) is 4.98 Å². The third kappa shape index (κ3) is 2.87. The molecule has 0 spiro atoms. The fourth-order valence-electron chi connectivity index (χ4n) is 1.85. The molecule has 2 heterocycles. The number of nitrogen functional groups attached to an aromatic ring is 2. The summed E-state index contributed by atoms with van der Waals surface area (Å²) in [6.07, 6.45) is 3.11. The Morgan fingerprint density at radius 3 is 2.23 bits per heavy atom. The van der Waals surface area contributed by atoms with Gasteiger partial charge in [0.15, 0.2) is 0 Å². The van der Waals surface area contributed by atoms with E-state index in [0.29, 0.717) is 32.8 Å². The maximum absolute atomic E-state index is 6.30. The van der Waals surface area contributed by atoms with Crippen molar-refractivity contribution in [3.05, 3.63) is 34.6 Å². The number of benzene rings is 1. The van der Waals surface area contributed by atoms with Gasteiger partial charge in [0.25, 0.3) is 0 Å². The van der Waals surface area contributed by atoms with E-state index in [-0.39, 0.29) is 11.9 Å². The summed E-state index contributed by atoms with van der Waals surface area (Å²) in [5.41, 5.74) is 12.8. The summed E-state index contributed by atoms with van der Waals surface area (Å²) in [5, 5.41) is 10.2. The lowest BCUT2D eigenvalue weighted by Gasteiger charge is -2.10. The highest BCUT2D eigenvalue weighted by Gasteiger charge is 2.12. The van der Waals surface area contributed by atoms with Crippen molar-refractivity contribution in [2.24, 2.45) is 0 Å². The summed E-state index contributed by atoms with van der Waals surface area (Å²) in [4.78, 5) is 11.8. The molecule has 0 aliphatic heterocycles. The molecule has 3 rings (SSSR count). The molecule has 0 saturated heterocycles. The van der Waals surface area contributed by atoms with E-state index >= 15 is 0 Å². The van der Waals surface area contributed by atoms with Crippen molar-refractivity contribution in [1.82, 2.24) is 25.1 Å². The fraction of sp³-hybridized carbons (Fsp3) is 0. The molecule has 1 aromatic carbocycles. The summed E-state index contributed by atoms with van der Waals surface area (Å²) in [7, 11) is 0. The lowest BCUT2D eigenvalue weighted by atomic mass is 10.1. The van der Waals surface area contributed by atoms with Crippen LogP contribution in [0.15, 0.2) is 24.5 Å². The van der Waals surface area contributed by atoms with Gasteiger partial charge in [-0.05, 0) is 12.1 Å². The van der Waals surface area contributed by atoms with Crippen molar-refractivity contribution >= 4 is 46.7 Å². The second-order valence-corrected chi connectivity index (χ2v) is 5.13. The summed E-state index contributed by atoms with van der Waals surface area (Å²) in [6.45, 7) is 0. The lowest BCUT2D eigenvalue weighted by molar-refractivity contribution is 1.10. The Bertz CT molecular complexity index is 791. The van der Waals surface area contributed by atoms with Gasteiger partial charge in [-0.25, -0.2) is 15.1 Å². The molecule has 0 fully saturated rings. The smallest absolute Gasteiger partial charge is 0.248 e. The molecule has 22 heavy (non-hydrogen) atoms. The van der Waals surface area contributed by atoms with E-state index in [1.807, 2.05) is 0 Å². The third-order valence-corrected chi connectivity index (χ3v) is 3.36. The van der Waals surface area contributed by atoms with Crippen LogP contribution in [0.5, 0.6) is 0 Å². The van der Waals surface area contributed by atoms with Crippen LogP contribution in [0.2, 0.25) is 10.0 Å². The zero-order chi connectivity index (χ0) is 15.7. The number of nitrogens with one attached hydrogen (secondary N) is 2. The Morgan fingerprint density at radius 2 is 1.68 bits per heavy atom. The van der Waals surface area contributed by atoms with E-state index < -0.39 is 0 Å². The molecule has 8 nitrogen and oxygen atoms in total. The molecule has 10 heteroatoms. The van der Waals surface area contributed by atoms with Gasteiger partial charge in [-0.15, -0.1) is 5.10 Å². The summed E-state index contributed by atoms with van der Waals surface area (Å²) in [5.74, 6) is 0.694. The average Bonchev–Trinajstić information content (AvgIpc) is 2.85. The van der Waals surface area contributed by atoms with Gasteiger partial charge >= 0.3 is 0 Å². The lowest BCUT2D eigenvalue weighted by Crippen LogP contribution is -1.96. The van der Waals surface area contributed by atoms with Crippen LogP contribution in [-0.4, -0.2) is 25.1 Å². The number of anilines is 4. The monoisotopic (exact) mass is 336 g/mol. The number of rotatable bonds is 3. The highest BCUT2D eigenvalue weighted by molar-refractivity contribution is 6.39. The molecule has 0 aliphatic rings. The van der Waals surface area contributed by atoms with E-state index in [0.717, 1.165) is 0 Å². The quantitative estimate of drug-likeness (QED) is 0.577. The van der Waals surface area contributed by atoms with Gasteiger partial charge in [-0.3, -0.25) is 0 Å². The Morgan fingerprint density at radius 1 is 1.05 bits per heavy atom. The van der Waals surface area contributed by atoms with Gasteiger partial charge < -0.3 is 16.8 Å². The van der Waals surface area contributed by atoms with Crippen molar-refractivity contribution in [2.45, 2.75) is 0 Å². The Hall–Kier alpha value is -2.58. The SMILES string of the molecule is Nc1ncc(-c2c(Cl)cc(Nc3n[nH]c(N)n3)cc2Cl)cn1. The van der Waals surface area contributed by atoms with Crippen molar-refractivity contribution in [3.8, 4) is 11.1 Å². The molecule has 0 aliphatic carbocycles. The zero-order valence-electron chi connectivity index (χ0n) is 11.0. The first kappa shape index (κ1) is 14.4. The van der Waals surface area contributed by atoms with Crippen molar-refractivity contribution in [1.29, 1.82) is 0 Å². The maximum Gasteiger partial charge on any atom is 0.248 e. The van der Waals surface area contributed by atoms with Crippen molar-refractivity contribution in [2.75, 3.05) is 16.8 Å². The molecule has 0 amide bonds. The normalized spacial score (nSPS) is 10.6. The molecule has 112 valence electrons. The van der Waals surface area contributed by atoms with E-state index in [4.69, 9.17) is 34.7 Å². The van der Waals surface area contributed by atoms with E-state index in [9.17, 15) is 0 Å². The third-order valence-electron chi connectivity index (χ3n) is 2.76. The fourth-order valence-corrected chi connectivity index (χ4v) is 2.55. The first-order valence-electron chi connectivity index (χ1n) is 6.05. The number of aromatic amines is 1. The van der Waals surface area contributed by atoms with Gasteiger partial charge in [0.2, 0.25) is 17.8 Å². The number of halogens is 2. The van der Waals surface area contributed by atoms with Gasteiger partial charge in [-0.1, -0.05) is 23.2 Å². The first-order chi connectivity index (χ1) is 10.5. The van der Waals surface area contributed by atoms with E-state index in [1.54, 1.807) is 24.5 Å². The Labute approximate surface area is 134 Å². The van der Waals surface area contributed by atoms with Crippen LogP contribution in [0.4, 0.5) is 23.5 Å². The molecule has 6 N–H and O–H groups in total. The van der Waals surface area contributed by atoms with Gasteiger partial charge in [0, 0.05) is 29.2 Å². The topological polar surface area (TPSA) is 131 Å². The first-order valence-corrected chi connectivity index (χ1v) is 6.80. The number of aromatic nitrogens is 5. The molecule has 0 radical (unpaired) electrons. The molecule has 0 saturated carbocycles. The summed E-state index contributed by atoms with van der Waals surface area (Å²) in [6, 6.07) is 3.37. The maximum atomic E-state index is 6.30. The Balaban J connectivity index is 1.95. The molecule has 2 aromatic heterocycles. The predicted octanol–water partition coefficient (Wildman–Crippen LogP) is 2.48. The minimum atomic E-state index is 0.177. The van der Waals surface area contributed by atoms with E-state index in [2.05, 4.69) is 30.5 Å². The number of nitrogens with two attached hydrogens (primary N) is 2. The highest BCUT2D eigenvalue weighted by atomic mass is 35.5. The van der Waals surface area contributed by atoms with Crippen LogP contribution >= 0.6 is 23.2 Å². The second kappa shape index (κ2) is 5.66. The minimum absolute atomic E-state index is 0.177. The molecular weight excluding hydrogens is 327 g/mol. The molecule has 3 aromatic rings. The molecule has 0 bridgehead atoms. The largest absolute Gasteiger partial charge is 0.368 e. The minimum Gasteiger partial charge on any atom is -0.368 e. The number of hydrogen-bond donors (Lipinski definition) is 4. The Kier molecular flexibility index (Phi) is 3.70. The predicted molar refractivity (Wildman–Crippen MR) is 86.0 cm³/mol. The van der Waals surface area contributed by atoms with Gasteiger partial charge in [0.05, 0.1) is 10.0 Å². The average molecular weight is 337 g/mol. The molecule has 0 unspecified atom stereocenters. The van der Waals surface area contributed by atoms with Crippen molar-refractivity contribution in [3.63, 3.8) is 0 Å². The van der Waals surface area contributed by atoms with Crippen LogP contribution in [0, 0.1) is 0 Å². The number of H-pyrrole nitrogens is 1. The molecular formula is C12H10Cl2N8. The standard InChI is InChI=1S/C12H10Cl2N8/c13-7-1-6(19-12-20-11(16)21-22-12)2-8(14)9(7)5-3-17-10(15)18-4-5/h1-4H,(H2,15,17,18)(H4,16,19,20,21,22). The van der Waals surface area contributed by atoms with Crippen LogP contribution in [0.3, 0.4) is 0 Å². The highest BCUT2D eigenvalue weighted by Crippen LogP contribution is 2.37. The summed E-state index contributed by atoms with van der Waals surface area (Å²) >= 11 is 12.6. The van der Waals surface area contributed by atoms with Crippen LogP contribution in [0.25, 0.3) is 11.1 Å². The zero-order valence-corrected chi connectivity index (χ0v) is 12.5. The van der Waals surface area contributed by atoms with Crippen LogP contribution in [0.1, 0.15) is 0 Å². The van der Waals surface area contributed by atoms with Crippen molar-refractivity contribution < 1.29 is 0 Å².